The third-order valence-corrected chi connectivity index (χ3v) is 5.49. The lowest BCUT2D eigenvalue weighted by Crippen LogP contribution is -2.39. The van der Waals surface area contributed by atoms with Gasteiger partial charge in [0.25, 0.3) is 0 Å². The summed E-state index contributed by atoms with van der Waals surface area (Å²) in [6, 6.07) is 20.3. The number of nitrogens with one attached hydrogen (secondary N) is 4. The third kappa shape index (κ3) is 6.98. The van der Waals surface area contributed by atoms with Gasteiger partial charge in [0, 0.05) is 28.5 Å². The number of rotatable bonds is 5. The fraction of sp³-hybridized carbons (Fsp3) is 0.280. The summed E-state index contributed by atoms with van der Waals surface area (Å²) in [4.78, 5) is 13.8. The highest BCUT2D eigenvalue weighted by molar-refractivity contribution is 7.80. The van der Waals surface area contributed by atoms with E-state index in [0.29, 0.717) is 17.0 Å². The number of para-hydroxylation sites is 1. The molecule has 0 unspecified atom stereocenters. The molecule has 1 aliphatic carbocycles. The molecule has 0 amide bonds. The summed E-state index contributed by atoms with van der Waals surface area (Å²) in [6.07, 6.45) is 4.56. The zero-order chi connectivity index (χ0) is 23.0. The van der Waals surface area contributed by atoms with Gasteiger partial charge in [-0.1, -0.05) is 31.0 Å². The average Bonchev–Trinajstić information content (AvgIpc) is 3.28. The van der Waals surface area contributed by atoms with E-state index in [1.807, 2.05) is 74.5 Å². The van der Waals surface area contributed by atoms with Crippen LogP contribution in [0.25, 0.3) is 0 Å². The number of guanidine groups is 1. The monoisotopic (exact) mass is 459 g/mol. The highest BCUT2D eigenvalue weighted by Crippen LogP contribution is 2.21. The second-order valence-corrected chi connectivity index (χ2v) is 8.57. The molecule has 0 saturated heterocycles. The molecule has 1 heterocycles. The molecule has 7 nitrogen and oxygen atoms in total. The maximum absolute atomic E-state index is 5.56. The standard InChI is InChI=1S/C25H29N7S/c1-17-16-18(2)27-23(26-17)31-24(29-20-10-6-7-11-20)32-25(33)30-22-14-12-21(13-15-22)28-19-8-4-3-5-9-19/h3-5,8-9,12-16,20,28H,6-7,10-11H2,1-2H3,(H3,26,27,29,30,31,32,33). The summed E-state index contributed by atoms with van der Waals surface area (Å²) in [7, 11) is 0. The fourth-order valence-corrected chi connectivity index (χ4v) is 4.01. The molecule has 0 aliphatic heterocycles. The predicted molar refractivity (Wildman–Crippen MR) is 140 cm³/mol. The van der Waals surface area contributed by atoms with Crippen molar-refractivity contribution in [2.45, 2.75) is 45.6 Å². The number of aryl methyl sites for hydroxylation is 2. The van der Waals surface area contributed by atoms with Crippen LogP contribution in [0, 0.1) is 13.8 Å². The first-order chi connectivity index (χ1) is 16.0. The maximum Gasteiger partial charge on any atom is 0.229 e. The number of hydrogen-bond acceptors (Lipinski definition) is 5. The number of aromatic nitrogens is 2. The number of aliphatic imine (C=N–C) groups is 1. The van der Waals surface area contributed by atoms with Crippen molar-refractivity contribution in [3.8, 4) is 0 Å². The van der Waals surface area contributed by atoms with E-state index in [1.54, 1.807) is 0 Å². The zero-order valence-corrected chi connectivity index (χ0v) is 19.7. The Labute approximate surface area is 200 Å². The Bertz CT molecular complexity index is 1090. The number of hydrogen-bond donors (Lipinski definition) is 4. The molecule has 8 heteroatoms. The molecule has 4 rings (SSSR count). The van der Waals surface area contributed by atoms with Gasteiger partial charge in [0.05, 0.1) is 6.04 Å². The van der Waals surface area contributed by atoms with Gasteiger partial charge in [-0.25, -0.2) is 15.0 Å². The van der Waals surface area contributed by atoms with Crippen molar-refractivity contribution in [2.24, 2.45) is 4.99 Å². The molecule has 0 atom stereocenters. The quantitative estimate of drug-likeness (QED) is 0.227. The van der Waals surface area contributed by atoms with Crippen LogP contribution in [0.15, 0.2) is 65.7 Å². The lowest BCUT2D eigenvalue weighted by Gasteiger charge is -2.16. The smallest absolute Gasteiger partial charge is 0.229 e. The number of nitrogens with zero attached hydrogens (tertiary/aromatic N) is 3. The second kappa shape index (κ2) is 10.9. The minimum Gasteiger partial charge on any atom is -0.356 e. The van der Waals surface area contributed by atoms with Crippen LogP contribution in [0.5, 0.6) is 0 Å². The maximum atomic E-state index is 5.56. The first-order valence-corrected chi connectivity index (χ1v) is 11.6. The first-order valence-electron chi connectivity index (χ1n) is 11.2. The van der Waals surface area contributed by atoms with Crippen molar-refractivity contribution in [1.82, 2.24) is 15.3 Å². The molecule has 1 saturated carbocycles. The minimum absolute atomic E-state index is 0.275. The lowest BCUT2D eigenvalue weighted by molar-refractivity contribution is 0.703. The number of anilines is 4. The van der Waals surface area contributed by atoms with E-state index in [4.69, 9.17) is 17.2 Å². The molecule has 1 aromatic heterocycles. The number of thiocarbonyl (C=S) groups is 1. The summed E-state index contributed by atoms with van der Waals surface area (Å²) in [5, 5.41) is 13.5. The van der Waals surface area contributed by atoms with E-state index >= 15 is 0 Å². The van der Waals surface area contributed by atoms with Gasteiger partial charge in [0.2, 0.25) is 11.9 Å². The van der Waals surface area contributed by atoms with E-state index in [1.165, 1.54) is 12.8 Å². The summed E-state index contributed by atoms with van der Waals surface area (Å²) in [6.45, 7) is 3.90. The van der Waals surface area contributed by atoms with Crippen molar-refractivity contribution in [1.29, 1.82) is 0 Å². The van der Waals surface area contributed by atoms with Crippen LogP contribution in [0.2, 0.25) is 0 Å². The van der Waals surface area contributed by atoms with Crippen LogP contribution in [-0.4, -0.2) is 27.1 Å². The second-order valence-electron chi connectivity index (χ2n) is 8.16. The van der Waals surface area contributed by atoms with E-state index in [-0.39, 0.29) is 6.04 Å². The van der Waals surface area contributed by atoms with Gasteiger partial charge >= 0.3 is 0 Å². The van der Waals surface area contributed by atoms with Crippen LogP contribution in [0.1, 0.15) is 37.1 Å². The fourth-order valence-electron chi connectivity index (χ4n) is 3.79. The SMILES string of the molecule is Cc1cc(C)nc(NC(=NC2CCCC2)NC(=S)Nc2ccc(Nc3ccccc3)cc2)n1. The molecule has 170 valence electrons. The number of benzene rings is 2. The Morgan fingerprint density at radius 1 is 0.848 bits per heavy atom. The molecule has 0 bridgehead atoms. The highest BCUT2D eigenvalue weighted by atomic mass is 32.1. The summed E-state index contributed by atoms with van der Waals surface area (Å²) < 4.78 is 0. The van der Waals surface area contributed by atoms with Gasteiger partial charge in [0.15, 0.2) is 5.11 Å². The molecule has 0 spiro atoms. The Hall–Kier alpha value is -3.52. The van der Waals surface area contributed by atoms with Crippen molar-refractivity contribution >= 4 is 46.3 Å². The van der Waals surface area contributed by atoms with Crippen LogP contribution in [0.3, 0.4) is 0 Å². The summed E-state index contributed by atoms with van der Waals surface area (Å²) in [5.41, 5.74) is 4.73. The zero-order valence-electron chi connectivity index (χ0n) is 18.9. The molecule has 1 fully saturated rings. The van der Waals surface area contributed by atoms with Crippen molar-refractivity contribution in [2.75, 3.05) is 16.0 Å². The third-order valence-electron chi connectivity index (χ3n) is 5.29. The summed E-state index contributed by atoms with van der Waals surface area (Å²) >= 11 is 5.56. The van der Waals surface area contributed by atoms with Crippen LogP contribution < -0.4 is 21.3 Å². The average molecular weight is 460 g/mol. The van der Waals surface area contributed by atoms with Crippen molar-refractivity contribution in [3.05, 3.63) is 72.1 Å². The van der Waals surface area contributed by atoms with Crippen LogP contribution in [-0.2, 0) is 0 Å². The first kappa shape index (κ1) is 22.7. The lowest BCUT2D eigenvalue weighted by atomic mass is 10.2. The van der Waals surface area contributed by atoms with Crippen LogP contribution in [0.4, 0.5) is 23.0 Å². The van der Waals surface area contributed by atoms with Gasteiger partial charge in [0.1, 0.15) is 0 Å². The largest absolute Gasteiger partial charge is 0.356 e. The Kier molecular flexibility index (Phi) is 7.47. The molecule has 33 heavy (non-hydrogen) atoms. The topological polar surface area (TPSA) is 86.3 Å². The Morgan fingerprint density at radius 2 is 1.45 bits per heavy atom. The Balaban J connectivity index is 1.40. The Morgan fingerprint density at radius 3 is 2.12 bits per heavy atom. The molecule has 1 aliphatic rings. The van der Waals surface area contributed by atoms with Gasteiger partial charge in [-0.15, -0.1) is 0 Å². The molecular formula is C25H29N7S. The van der Waals surface area contributed by atoms with Gasteiger partial charge in [-0.2, -0.15) is 0 Å². The molecule has 2 aromatic carbocycles. The molecular weight excluding hydrogens is 430 g/mol. The summed E-state index contributed by atoms with van der Waals surface area (Å²) in [5.74, 6) is 1.07. The normalized spacial score (nSPS) is 14.1. The van der Waals surface area contributed by atoms with E-state index < -0.39 is 0 Å². The van der Waals surface area contributed by atoms with E-state index in [9.17, 15) is 0 Å². The van der Waals surface area contributed by atoms with Gasteiger partial charge in [-0.05, 0) is 81.4 Å². The van der Waals surface area contributed by atoms with E-state index in [2.05, 4.69) is 31.2 Å². The van der Waals surface area contributed by atoms with Crippen molar-refractivity contribution in [3.63, 3.8) is 0 Å². The molecule has 4 N–H and O–H groups in total. The van der Waals surface area contributed by atoms with Gasteiger partial charge in [-0.3, -0.25) is 5.32 Å². The van der Waals surface area contributed by atoms with E-state index in [0.717, 1.165) is 41.3 Å². The van der Waals surface area contributed by atoms with Crippen molar-refractivity contribution < 1.29 is 0 Å². The molecule has 0 radical (unpaired) electrons. The highest BCUT2D eigenvalue weighted by Gasteiger charge is 2.16. The van der Waals surface area contributed by atoms with Gasteiger partial charge < -0.3 is 16.0 Å². The van der Waals surface area contributed by atoms with Crippen LogP contribution >= 0.6 is 12.2 Å². The molecule has 3 aromatic rings. The minimum atomic E-state index is 0.275. The predicted octanol–water partition coefficient (Wildman–Crippen LogP) is 5.53.